The lowest BCUT2D eigenvalue weighted by Crippen LogP contribution is -2.48. The predicted molar refractivity (Wildman–Crippen MR) is 84.0 cm³/mol. The average molecular weight is 293 g/mol. The summed E-state index contributed by atoms with van der Waals surface area (Å²) in [7, 11) is 1.62. The fourth-order valence-electron chi connectivity index (χ4n) is 2.86. The van der Waals surface area contributed by atoms with Crippen LogP contribution < -0.4 is 14.8 Å². The quantitative estimate of drug-likeness (QED) is 0.811. The molecule has 1 aromatic carbocycles. The molecular weight excluding hydrogens is 266 g/mol. The summed E-state index contributed by atoms with van der Waals surface area (Å²) in [5.74, 6) is 1.36. The van der Waals surface area contributed by atoms with Crippen LogP contribution >= 0.6 is 0 Å². The second-order valence-corrected chi connectivity index (χ2v) is 6.12. The zero-order valence-corrected chi connectivity index (χ0v) is 13.1. The first kappa shape index (κ1) is 16.1. The molecule has 0 aliphatic heterocycles. The average Bonchev–Trinajstić information content (AvgIpc) is 2.52. The van der Waals surface area contributed by atoms with Crippen LogP contribution in [0.3, 0.4) is 0 Å². The van der Waals surface area contributed by atoms with Crippen molar-refractivity contribution in [2.45, 2.75) is 50.7 Å². The maximum absolute atomic E-state index is 10.1. The molecule has 1 aliphatic carbocycles. The Morgan fingerprint density at radius 3 is 2.52 bits per heavy atom. The summed E-state index contributed by atoms with van der Waals surface area (Å²) in [6.45, 7) is 3.08. The highest BCUT2D eigenvalue weighted by Crippen LogP contribution is 2.28. The van der Waals surface area contributed by atoms with Crippen LogP contribution in [0.25, 0.3) is 0 Å². The van der Waals surface area contributed by atoms with E-state index in [9.17, 15) is 5.11 Å². The fraction of sp³-hybridized carbons (Fsp3) is 0.647. The zero-order valence-electron chi connectivity index (χ0n) is 13.1. The second-order valence-electron chi connectivity index (χ2n) is 6.12. The number of β-amino-alcohol motifs (C(OH)–C–C–N with tert-alkyl or cyclic N) is 1. The van der Waals surface area contributed by atoms with Gasteiger partial charge in [-0.15, -0.1) is 0 Å². The van der Waals surface area contributed by atoms with E-state index in [4.69, 9.17) is 9.47 Å². The third-order valence-electron chi connectivity index (χ3n) is 4.22. The van der Waals surface area contributed by atoms with Crippen LogP contribution in [-0.4, -0.2) is 37.0 Å². The van der Waals surface area contributed by atoms with E-state index in [0.717, 1.165) is 0 Å². The predicted octanol–water partition coefficient (Wildman–Crippen LogP) is 2.75. The SMILES string of the molecule is COc1ccccc1OCC(O)CNC1(C)CCCCC1. The van der Waals surface area contributed by atoms with Gasteiger partial charge >= 0.3 is 0 Å². The Bertz CT molecular complexity index is 430. The maximum Gasteiger partial charge on any atom is 0.161 e. The van der Waals surface area contributed by atoms with E-state index in [0.29, 0.717) is 18.0 Å². The minimum atomic E-state index is -0.520. The number of aliphatic hydroxyl groups excluding tert-OH is 1. The van der Waals surface area contributed by atoms with E-state index in [1.807, 2.05) is 24.3 Å². The normalized spacial score (nSPS) is 19.0. The van der Waals surface area contributed by atoms with E-state index >= 15 is 0 Å². The number of rotatable bonds is 7. The van der Waals surface area contributed by atoms with Gasteiger partial charge in [0.2, 0.25) is 0 Å². The molecule has 0 aromatic heterocycles. The molecular formula is C17H27NO3. The van der Waals surface area contributed by atoms with Gasteiger partial charge in [-0.05, 0) is 31.9 Å². The molecule has 118 valence electrons. The molecule has 0 heterocycles. The molecule has 1 unspecified atom stereocenters. The van der Waals surface area contributed by atoms with Crippen molar-refractivity contribution in [3.63, 3.8) is 0 Å². The Hall–Kier alpha value is -1.26. The van der Waals surface area contributed by atoms with E-state index in [1.165, 1.54) is 32.1 Å². The van der Waals surface area contributed by atoms with Crippen molar-refractivity contribution in [3.8, 4) is 11.5 Å². The van der Waals surface area contributed by atoms with Crippen molar-refractivity contribution in [2.75, 3.05) is 20.3 Å². The number of nitrogens with one attached hydrogen (secondary N) is 1. The molecule has 0 saturated heterocycles. The number of methoxy groups -OCH3 is 1. The third kappa shape index (κ3) is 4.90. The summed E-state index contributed by atoms with van der Waals surface area (Å²) in [5.41, 5.74) is 0.170. The smallest absolute Gasteiger partial charge is 0.161 e. The Morgan fingerprint density at radius 1 is 1.19 bits per heavy atom. The van der Waals surface area contributed by atoms with Crippen LogP contribution in [-0.2, 0) is 0 Å². The van der Waals surface area contributed by atoms with Gasteiger partial charge in [0.05, 0.1) is 7.11 Å². The van der Waals surface area contributed by atoms with E-state index < -0.39 is 6.10 Å². The van der Waals surface area contributed by atoms with E-state index in [-0.39, 0.29) is 12.1 Å². The van der Waals surface area contributed by atoms with Crippen LogP contribution in [0.15, 0.2) is 24.3 Å². The van der Waals surface area contributed by atoms with Crippen LogP contribution in [0, 0.1) is 0 Å². The monoisotopic (exact) mass is 293 g/mol. The molecule has 21 heavy (non-hydrogen) atoms. The molecule has 0 amide bonds. The van der Waals surface area contributed by atoms with Crippen molar-refractivity contribution in [2.24, 2.45) is 0 Å². The number of hydrogen-bond acceptors (Lipinski definition) is 4. The van der Waals surface area contributed by atoms with Gasteiger partial charge in [-0.3, -0.25) is 0 Å². The highest BCUT2D eigenvalue weighted by Gasteiger charge is 2.26. The standard InChI is InChI=1S/C17H27NO3/c1-17(10-6-3-7-11-17)18-12-14(19)13-21-16-9-5-4-8-15(16)20-2/h4-5,8-9,14,18-19H,3,6-7,10-13H2,1-2H3. The van der Waals surface area contributed by atoms with Crippen LogP contribution in [0.2, 0.25) is 0 Å². The zero-order chi connectivity index (χ0) is 15.1. The molecule has 4 heteroatoms. The number of benzene rings is 1. The van der Waals surface area contributed by atoms with Gasteiger partial charge in [0.25, 0.3) is 0 Å². The van der Waals surface area contributed by atoms with Gasteiger partial charge in [0, 0.05) is 12.1 Å². The van der Waals surface area contributed by atoms with Crippen molar-refractivity contribution in [1.82, 2.24) is 5.32 Å². The van der Waals surface area contributed by atoms with Crippen molar-refractivity contribution < 1.29 is 14.6 Å². The Morgan fingerprint density at radius 2 is 1.86 bits per heavy atom. The summed E-state index contributed by atoms with van der Waals surface area (Å²) in [6.07, 6.45) is 5.74. The van der Waals surface area contributed by atoms with Gasteiger partial charge < -0.3 is 19.9 Å². The summed E-state index contributed by atoms with van der Waals surface area (Å²) in [4.78, 5) is 0. The summed E-state index contributed by atoms with van der Waals surface area (Å²) in [5, 5.41) is 13.6. The molecule has 0 spiro atoms. The molecule has 1 aromatic rings. The maximum atomic E-state index is 10.1. The van der Waals surface area contributed by atoms with Gasteiger partial charge in [0.1, 0.15) is 12.7 Å². The highest BCUT2D eigenvalue weighted by atomic mass is 16.5. The molecule has 2 N–H and O–H groups in total. The molecule has 1 aliphatic rings. The van der Waals surface area contributed by atoms with Crippen LogP contribution in [0.4, 0.5) is 0 Å². The first-order chi connectivity index (χ1) is 10.1. The Labute approximate surface area is 127 Å². The number of aliphatic hydroxyl groups is 1. The van der Waals surface area contributed by atoms with E-state index in [2.05, 4.69) is 12.2 Å². The molecule has 1 saturated carbocycles. The summed E-state index contributed by atoms with van der Waals surface area (Å²) < 4.78 is 10.9. The van der Waals surface area contributed by atoms with Gasteiger partial charge in [-0.2, -0.15) is 0 Å². The Balaban J connectivity index is 1.75. The lowest BCUT2D eigenvalue weighted by Gasteiger charge is -2.35. The van der Waals surface area contributed by atoms with Crippen molar-refractivity contribution in [3.05, 3.63) is 24.3 Å². The third-order valence-corrected chi connectivity index (χ3v) is 4.22. The molecule has 4 nitrogen and oxygen atoms in total. The van der Waals surface area contributed by atoms with Crippen LogP contribution in [0.5, 0.6) is 11.5 Å². The summed E-state index contributed by atoms with van der Waals surface area (Å²) >= 11 is 0. The largest absolute Gasteiger partial charge is 0.493 e. The van der Waals surface area contributed by atoms with Gasteiger partial charge in [0.15, 0.2) is 11.5 Å². The lowest BCUT2D eigenvalue weighted by atomic mass is 9.83. The second kappa shape index (κ2) is 7.66. The fourth-order valence-corrected chi connectivity index (χ4v) is 2.86. The molecule has 0 radical (unpaired) electrons. The number of hydrogen-bond donors (Lipinski definition) is 2. The minimum absolute atomic E-state index is 0.170. The van der Waals surface area contributed by atoms with Crippen molar-refractivity contribution >= 4 is 0 Å². The summed E-state index contributed by atoms with van der Waals surface area (Å²) in [6, 6.07) is 7.49. The first-order valence-electron chi connectivity index (χ1n) is 7.82. The molecule has 0 bridgehead atoms. The topological polar surface area (TPSA) is 50.7 Å². The molecule has 1 atom stereocenters. The highest BCUT2D eigenvalue weighted by molar-refractivity contribution is 5.39. The van der Waals surface area contributed by atoms with E-state index in [1.54, 1.807) is 7.11 Å². The molecule has 2 rings (SSSR count). The van der Waals surface area contributed by atoms with Gasteiger partial charge in [-0.1, -0.05) is 31.4 Å². The number of para-hydroxylation sites is 2. The molecule has 1 fully saturated rings. The number of ether oxygens (including phenoxy) is 2. The lowest BCUT2D eigenvalue weighted by molar-refractivity contribution is 0.0916. The van der Waals surface area contributed by atoms with Gasteiger partial charge in [-0.25, -0.2) is 0 Å². The minimum Gasteiger partial charge on any atom is -0.493 e. The van der Waals surface area contributed by atoms with Crippen LogP contribution in [0.1, 0.15) is 39.0 Å². The van der Waals surface area contributed by atoms with Crippen molar-refractivity contribution in [1.29, 1.82) is 0 Å². The Kier molecular flexibility index (Phi) is 5.88. The first-order valence-corrected chi connectivity index (χ1v) is 7.82.